The molecule has 2 amide bonds. The molecule has 0 aliphatic carbocycles. The summed E-state index contributed by atoms with van der Waals surface area (Å²) in [6.45, 7) is 0.909. The number of ether oxygens (including phenoxy) is 1. The summed E-state index contributed by atoms with van der Waals surface area (Å²) in [6, 6.07) is 13.4. The molecule has 3 aromatic rings. The van der Waals surface area contributed by atoms with Crippen LogP contribution < -0.4 is 4.74 Å². The Hall–Kier alpha value is -3.73. The summed E-state index contributed by atoms with van der Waals surface area (Å²) in [4.78, 5) is 30.3. The summed E-state index contributed by atoms with van der Waals surface area (Å²) in [5.74, 6) is 1.07. The summed E-state index contributed by atoms with van der Waals surface area (Å²) >= 11 is 0. The van der Waals surface area contributed by atoms with Crippen LogP contribution in [0.2, 0.25) is 0 Å². The van der Waals surface area contributed by atoms with Gasteiger partial charge in [0.1, 0.15) is 5.75 Å². The zero-order chi connectivity index (χ0) is 25.0. The molecule has 1 aromatic heterocycles. The highest BCUT2D eigenvalue weighted by atomic mass is 32.2. The van der Waals surface area contributed by atoms with Gasteiger partial charge in [0.25, 0.3) is 0 Å². The van der Waals surface area contributed by atoms with Gasteiger partial charge in [-0.05, 0) is 48.4 Å². The summed E-state index contributed by atoms with van der Waals surface area (Å²) < 4.78 is 33.7. The number of carbonyl (C=O) groups excluding carboxylic acids is 2. The SMILES string of the molecule is COc1ccc(-c2noc(CCC(=O)N3CCCN3C(=O)Cc3ccc(S(C)(=O)=O)cc3)n2)cc1. The minimum absolute atomic E-state index is 0.0721. The second-order valence-corrected chi connectivity index (χ2v) is 10.2. The second-order valence-electron chi connectivity index (χ2n) is 8.22. The number of benzene rings is 2. The number of rotatable bonds is 8. The van der Waals surface area contributed by atoms with Gasteiger partial charge in [-0.25, -0.2) is 8.42 Å². The standard InChI is InChI=1S/C24H26N4O6S/c1-33-19-8-6-18(7-9-19)24-25-21(34-26-24)12-13-22(29)27-14-3-15-28(27)23(30)16-17-4-10-20(11-5-17)35(2,31)32/h4-11H,3,12-16H2,1-2H3. The number of sulfone groups is 1. The number of aryl methyl sites for hydroxylation is 1. The van der Waals surface area contributed by atoms with E-state index in [1.165, 1.54) is 22.2 Å². The van der Waals surface area contributed by atoms with Gasteiger partial charge in [-0.1, -0.05) is 17.3 Å². The largest absolute Gasteiger partial charge is 0.497 e. The second kappa shape index (κ2) is 10.3. The fourth-order valence-electron chi connectivity index (χ4n) is 3.81. The van der Waals surface area contributed by atoms with Crippen molar-refractivity contribution in [3.8, 4) is 17.1 Å². The maximum atomic E-state index is 12.9. The van der Waals surface area contributed by atoms with E-state index in [1.54, 1.807) is 31.4 Å². The first kappa shape index (κ1) is 24.4. The van der Waals surface area contributed by atoms with Crippen LogP contribution in [0.5, 0.6) is 5.75 Å². The first-order valence-corrected chi connectivity index (χ1v) is 13.0. The molecule has 0 bridgehead atoms. The molecule has 35 heavy (non-hydrogen) atoms. The van der Waals surface area contributed by atoms with Crippen LogP contribution in [0.15, 0.2) is 57.9 Å². The van der Waals surface area contributed by atoms with Crippen molar-refractivity contribution < 1.29 is 27.3 Å². The van der Waals surface area contributed by atoms with E-state index in [1.807, 2.05) is 12.1 Å². The van der Waals surface area contributed by atoms with Crippen LogP contribution in [0, 0.1) is 0 Å². The summed E-state index contributed by atoms with van der Waals surface area (Å²) in [7, 11) is -1.71. The highest BCUT2D eigenvalue weighted by Gasteiger charge is 2.30. The number of methoxy groups -OCH3 is 1. The number of carbonyl (C=O) groups is 2. The predicted octanol–water partition coefficient (Wildman–Crippen LogP) is 2.30. The van der Waals surface area contributed by atoms with Crippen LogP contribution in [-0.2, 0) is 32.3 Å². The van der Waals surface area contributed by atoms with Crippen molar-refractivity contribution in [2.45, 2.75) is 30.6 Å². The topological polar surface area (TPSA) is 123 Å². The smallest absolute Gasteiger partial charge is 0.245 e. The van der Waals surface area contributed by atoms with Crippen LogP contribution in [0.1, 0.15) is 24.3 Å². The average Bonchev–Trinajstić information content (AvgIpc) is 3.52. The number of amides is 2. The molecule has 0 saturated carbocycles. The molecule has 0 atom stereocenters. The van der Waals surface area contributed by atoms with Crippen molar-refractivity contribution in [3.63, 3.8) is 0 Å². The number of hydrogen-bond acceptors (Lipinski definition) is 8. The van der Waals surface area contributed by atoms with Crippen molar-refractivity contribution in [2.75, 3.05) is 26.5 Å². The minimum atomic E-state index is -3.30. The fourth-order valence-corrected chi connectivity index (χ4v) is 4.44. The Morgan fingerprint density at radius 1 is 1.00 bits per heavy atom. The van der Waals surface area contributed by atoms with Gasteiger partial charge in [-0.3, -0.25) is 19.6 Å². The Kier molecular flexibility index (Phi) is 7.15. The lowest BCUT2D eigenvalue weighted by atomic mass is 10.1. The minimum Gasteiger partial charge on any atom is -0.497 e. The number of nitrogens with zero attached hydrogens (tertiary/aromatic N) is 4. The predicted molar refractivity (Wildman–Crippen MR) is 126 cm³/mol. The fraction of sp³-hybridized carbons (Fsp3) is 0.333. The first-order chi connectivity index (χ1) is 16.7. The van der Waals surface area contributed by atoms with Crippen molar-refractivity contribution in [3.05, 3.63) is 60.0 Å². The van der Waals surface area contributed by atoms with E-state index in [2.05, 4.69) is 10.1 Å². The molecule has 2 heterocycles. The molecule has 0 radical (unpaired) electrons. The molecule has 0 unspecified atom stereocenters. The van der Waals surface area contributed by atoms with Gasteiger partial charge < -0.3 is 9.26 Å². The molecular formula is C24H26N4O6S. The molecule has 1 fully saturated rings. The van der Waals surface area contributed by atoms with Gasteiger partial charge >= 0.3 is 0 Å². The van der Waals surface area contributed by atoms with E-state index >= 15 is 0 Å². The molecule has 10 nitrogen and oxygen atoms in total. The number of hydrogen-bond donors (Lipinski definition) is 0. The molecule has 2 aromatic carbocycles. The molecule has 1 aliphatic heterocycles. The Labute approximate surface area is 203 Å². The molecule has 0 spiro atoms. The molecule has 184 valence electrons. The number of hydrazine groups is 1. The third kappa shape index (κ3) is 5.86. The van der Waals surface area contributed by atoms with Crippen LogP contribution >= 0.6 is 0 Å². The van der Waals surface area contributed by atoms with Gasteiger partial charge in [-0.15, -0.1) is 0 Å². The summed E-state index contributed by atoms with van der Waals surface area (Å²) in [5, 5.41) is 6.90. The van der Waals surface area contributed by atoms with Gasteiger partial charge in [0.2, 0.25) is 23.5 Å². The van der Waals surface area contributed by atoms with E-state index in [-0.39, 0.29) is 36.0 Å². The van der Waals surface area contributed by atoms with Crippen molar-refractivity contribution in [1.82, 2.24) is 20.2 Å². The molecule has 0 N–H and O–H groups in total. The highest BCUT2D eigenvalue weighted by Crippen LogP contribution is 2.21. The zero-order valence-electron chi connectivity index (χ0n) is 19.5. The highest BCUT2D eigenvalue weighted by molar-refractivity contribution is 7.90. The van der Waals surface area contributed by atoms with Crippen molar-refractivity contribution in [2.24, 2.45) is 0 Å². The van der Waals surface area contributed by atoms with E-state index in [9.17, 15) is 18.0 Å². The maximum Gasteiger partial charge on any atom is 0.245 e. The lowest BCUT2D eigenvalue weighted by molar-refractivity contribution is -0.157. The van der Waals surface area contributed by atoms with Crippen LogP contribution in [-0.4, -0.2) is 66.8 Å². The van der Waals surface area contributed by atoms with Crippen LogP contribution in [0.4, 0.5) is 0 Å². The molecular weight excluding hydrogens is 472 g/mol. The Morgan fingerprint density at radius 3 is 2.29 bits per heavy atom. The van der Waals surface area contributed by atoms with Crippen LogP contribution in [0.25, 0.3) is 11.4 Å². The normalized spacial score (nSPS) is 13.8. The first-order valence-electron chi connectivity index (χ1n) is 11.1. The molecule has 1 saturated heterocycles. The average molecular weight is 499 g/mol. The zero-order valence-corrected chi connectivity index (χ0v) is 20.3. The lowest BCUT2D eigenvalue weighted by Gasteiger charge is -2.28. The van der Waals surface area contributed by atoms with Gasteiger partial charge in [0.15, 0.2) is 9.84 Å². The van der Waals surface area contributed by atoms with E-state index in [0.29, 0.717) is 36.8 Å². The van der Waals surface area contributed by atoms with Crippen LogP contribution in [0.3, 0.4) is 0 Å². The quantitative estimate of drug-likeness (QED) is 0.464. The Balaban J connectivity index is 1.33. The molecule has 4 rings (SSSR count). The number of aromatic nitrogens is 2. The lowest BCUT2D eigenvalue weighted by Crippen LogP contribution is -2.45. The molecule has 1 aliphatic rings. The Morgan fingerprint density at radius 2 is 1.66 bits per heavy atom. The third-order valence-electron chi connectivity index (χ3n) is 5.68. The van der Waals surface area contributed by atoms with E-state index < -0.39 is 9.84 Å². The van der Waals surface area contributed by atoms with E-state index in [0.717, 1.165) is 17.6 Å². The molecule has 11 heteroatoms. The summed E-state index contributed by atoms with van der Waals surface area (Å²) in [5.41, 5.74) is 1.45. The van der Waals surface area contributed by atoms with Gasteiger partial charge in [0, 0.05) is 37.8 Å². The Bertz CT molecular complexity index is 1300. The van der Waals surface area contributed by atoms with Gasteiger partial charge in [-0.2, -0.15) is 4.98 Å². The van der Waals surface area contributed by atoms with Crippen molar-refractivity contribution >= 4 is 21.7 Å². The van der Waals surface area contributed by atoms with E-state index in [4.69, 9.17) is 9.26 Å². The summed E-state index contributed by atoms with van der Waals surface area (Å²) in [6.07, 6.45) is 2.27. The third-order valence-corrected chi connectivity index (χ3v) is 6.81. The van der Waals surface area contributed by atoms with Gasteiger partial charge in [0.05, 0.1) is 18.4 Å². The monoisotopic (exact) mass is 498 g/mol. The maximum absolute atomic E-state index is 12.9. The van der Waals surface area contributed by atoms with Crippen molar-refractivity contribution in [1.29, 1.82) is 0 Å².